The number of benzene rings is 2. The van der Waals surface area contributed by atoms with E-state index in [4.69, 9.17) is 10.3 Å². The molecule has 2 aromatic rings. The van der Waals surface area contributed by atoms with E-state index in [1.165, 1.54) is 6.07 Å². The van der Waals surface area contributed by atoms with Gasteiger partial charge in [0.25, 0.3) is 10.1 Å². The van der Waals surface area contributed by atoms with E-state index in [0.29, 0.717) is 5.39 Å². The largest absolute Gasteiger partial charge is 0.398 e. The number of fused-ring (bicyclic) bond motifs is 1. The van der Waals surface area contributed by atoms with Crippen molar-refractivity contribution in [1.82, 2.24) is 6.15 Å². The van der Waals surface area contributed by atoms with Crippen LogP contribution < -0.4 is 11.9 Å². The highest BCUT2D eigenvalue weighted by molar-refractivity contribution is 7.86. The topological polar surface area (TPSA) is 115 Å². The smallest absolute Gasteiger partial charge is 0.297 e. The number of rotatable bonds is 1. The summed E-state index contributed by atoms with van der Waals surface area (Å²) in [5.41, 5.74) is 5.59. The summed E-state index contributed by atoms with van der Waals surface area (Å²) in [5, 5.41) is 1.15. The molecule has 16 heavy (non-hydrogen) atoms. The number of anilines is 1. The molecule has 5 nitrogen and oxygen atoms in total. The molecule has 0 aliphatic rings. The van der Waals surface area contributed by atoms with Crippen molar-refractivity contribution in [2.24, 2.45) is 0 Å². The molecule has 2 aromatic carbocycles. The molecule has 0 saturated carbocycles. The Morgan fingerprint density at radius 2 is 1.69 bits per heavy atom. The highest BCUT2D eigenvalue weighted by Crippen LogP contribution is 2.27. The van der Waals surface area contributed by atoms with Crippen molar-refractivity contribution in [3.63, 3.8) is 0 Å². The van der Waals surface area contributed by atoms with Gasteiger partial charge < -0.3 is 11.9 Å². The Hall–Kier alpha value is -1.63. The molecule has 2 rings (SSSR count). The van der Waals surface area contributed by atoms with Crippen LogP contribution in [0.25, 0.3) is 10.8 Å². The lowest BCUT2D eigenvalue weighted by Gasteiger charge is -2.06. The lowest BCUT2D eigenvalue weighted by molar-refractivity contribution is 0.484. The molecule has 0 unspecified atom stereocenters. The van der Waals surface area contributed by atoms with Gasteiger partial charge in [-0.1, -0.05) is 30.3 Å². The van der Waals surface area contributed by atoms with E-state index in [1.807, 2.05) is 0 Å². The molecule has 0 fully saturated rings. The summed E-state index contributed by atoms with van der Waals surface area (Å²) in [6.07, 6.45) is 0. The van der Waals surface area contributed by atoms with Crippen LogP contribution in [0, 0.1) is 0 Å². The molecule has 0 amide bonds. The van der Waals surface area contributed by atoms with Crippen LogP contribution in [0.1, 0.15) is 0 Å². The van der Waals surface area contributed by atoms with Crippen molar-refractivity contribution >= 4 is 26.6 Å². The zero-order valence-corrected chi connectivity index (χ0v) is 9.24. The lowest BCUT2D eigenvalue weighted by Crippen LogP contribution is -2.03. The molecule has 0 heterocycles. The molecule has 0 spiro atoms. The van der Waals surface area contributed by atoms with Gasteiger partial charge in [-0.2, -0.15) is 8.42 Å². The molecule has 0 radical (unpaired) electrons. The highest BCUT2D eigenvalue weighted by Gasteiger charge is 2.17. The van der Waals surface area contributed by atoms with Crippen LogP contribution >= 0.6 is 0 Å². The maximum Gasteiger partial charge on any atom is 0.297 e. The Morgan fingerprint density at radius 3 is 2.31 bits per heavy atom. The number of hydrogen-bond acceptors (Lipinski definition) is 4. The van der Waals surface area contributed by atoms with Gasteiger partial charge in [0.15, 0.2) is 0 Å². The van der Waals surface area contributed by atoms with Crippen molar-refractivity contribution in [2.45, 2.75) is 4.90 Å². The van der Waals surface area contributed by atoms with Gasteiger partial charge in [0.1, 0.15) is 4.90 Å². The van der Waals surface area contributed by atoms with Gasteiger partial charge in [-0.05, 0) is 11.5 Å². The van der Waals surface area contributed by atoms with Crippen LogP contribution in [0.2, 0.25) is 0 Å². The second kappa shape index (κ2) is 4.09. The normalized spacial score (nSPS) is 11.1. The average molecular weight is 240 g/mol. The fraction of sp³-hybridized carbons (Fsp3) is 0. The minimum Gasteiger partial charge on any atom is -0.398 e. The maximum atomic E-state index is 11.1. The molecular weight excluding hydrogens is 228 g/mol. The average Bonchev–Trinajstić information content (AvgIpc) is 2.15. The molecule has 0 bridgehead atoms. The Morgan fingerprint density at radius 1 is 1.06 bits per heavy atom. The minimum atomic E-state index is -4.29. The summed E-state index contributed by atoms with van der Waals surface area (Å²) in [4.78, 5) is -0.222. The van der Waals surface area contributed by atoms with E-state index < -0.39 is 10.1 Å². The van der Waals surface area contributed by atoms with Crippen molar-refractivity contribution < 1.29 is 13.0 Å². The molecule has 0 atom stereocenters. The Balaban J connectivity index is 0.00000128. The van der Waals surface area contributed by atoms with Gasteiger partial charge in [-0.3, -0.25) is 4.55 Å². The van der Waals surface area contributed by atoms with Crippen LogP contribution in [0.3, 0.4) is 0 Å². The second-order valence-electron chi connectivity index (χ2n) is 3.18. The van der Waals surface area contributed by atoms with Crippen LogP contribution in [0.5, 0.6) is 0 Å². The van der Waals surface area contributed by atoms with Crippen molar-refractivity contribution in [3.8, 4) is 0 Å². The Labute approximate surface area is 93.2 Å². The first-order valence-corrected chi connectivity index (χ1v) is 5.69. The highest BCUT2D eigenvalue weighted by atomic mass is 32.2. The lowest BCUT2D eigenvalue weighted by atomic mass is 10.1. The van der Waals surface area contributed by atoms with E-state index in [0.717, 1.165) is 5.39 Å². The zero-order chi connectivity index (χ0) is 11.1. The predicted molar refractivity (Wildman–Crippen MR) is 63.2 cm³/mol. The van der Waals surface area contributed by atoms with Gasteiger partial charge in [0.2, 0.25) is 0 Å². The summed E-state index contributed by atoms with van der Waals surface area (Å²) in [6, 6.07) is 10.0. The molecule has 0 aliphatic heterocycles. The Bertz CT molecular complexity index is 623. The summed E-state index contributed by atoms with van der Waals surface area (Å²) in [5.74, 6) is 0. The summed E-state index contributed by atoms with van der Waals surface area (Å²) < 4.78 is 31.3. The van der Waals surface area contributed by atoms with E-state index in [9.17, 15) is 8.42 Å². The summed E-state index contributed by atoms with van der Waals surface area (Å²) in [6.45, 7) is 0. The number of nitrogens with two attached hydrogens (primary N) is 1. The maximum absolute atomic E-state index is 11.1. The minimum absolute atomic E-state index is 0. The third kappa shape index (κ3) is 1.99. The third-order valence-corrected chi connectivity index (χ3v) is 3.14. The molecule has 0 aromatic heterocycles. The third-order valence-electron chi connectivity index (χ3n) is 2.17. The SMILES string of the molecule is N.Nc1ccc2ccccc2c1S(=O)(=O)O. The van der Waals surface area contributed by atoms with E-state index in [1.54, 1.807) is 30.3 Å². The predicted octanol–water partition coefficient (Wildman–Crippen LogP) is 1.83. The Kier molecular flexibility index (Phi) is 3.18. The first-order chi connectivity index (χ1) is 7.00. The van der Waals surface area contributed by atoms with Crippen molar-refractivity contribution in [2.75, 3.05) is 5.73 Å². The van der Waals surface area contributed by atoms with E-state index in [2.05, 4.69) is 0 Å². The zero-order valence-electron chi connectivity index (χ0n) is 8.42. The molecule has 6 heteroatoms. The van der Waals surface area contributed by atoms with E-state index in [-0.39, 0.29) is 16.7 Å². The molecule has 86 valence electrons. The molecule has 0 saturated heterocycles. The first kappa shape index (κ1) is 12.4. The molecular formula is C10H12N2O3S. The van der Waals surface area contributed by atoms with Crippen LogP contribution in [-0.4, -0.2) is 13.0 Å². The standard InChI is InChI=1S/C10H9NO3S.H3N/c11-9-6-5-7-3-1-2-4-8(7)10(9)15(12,13)14;/h1-6H,11H2,(H,12,13,14);1H3. The molecule has 6 N–H and O–H groups in total. The molecule has 0 aliphatic carbocycles. The van der Waals surface area contributed by atoms with Crippen molar-refractivity contribution in [1.29, 1.82) is 0 Å². The van der Waals surface area contributed by atoms with Crippen LogP contribution in [0.4, 0.5) is 5.69 Å². The van der Waals surface area contributed by atoms with Gasteiger partial charge in [0.05, 0.1) is 5.69 Å². The van der Waals surface area contributed by atoms with Gasteiger partial charge in [0, 0.05) is 5.39 Å². The van der Waals surface area contributed by atoms with E-state index >= 15 is 0 Å². The van der Waals surface area contributed by atoms with Crippen LogP contribution in [-0.2, 0) is 10.1 Å². The summed E-state index contributed by atoms with van der Waals surface area (Å²) in [7, 11) is -4.29. The fourth-order valence-electron chi connectivity index (χ4n) is 1.55. The monoisotopic (exact) mass is 240 g/mol. The fourth-order valence-corrected chi connectivity index (χ4v) is 2.38. The summed E-state index contributed by atoms with van der Waals surface area (Å²) >= 11 is 0. The van der Waals surface area contributed by atoms with Crippen LogP contribution in [0.15, 0.2) is 41.3 Å². The number of nitrogen functional groups attached to an aromatic ring is 1. The van der Waals surface area contributed by atoms with Gasteiger partial charge in [-0.25, -0.2) is 0 Å². The second-order valence-corrected chi connectivity index (χ2v) is 4.54. The first-order valence-electron chi connectivity index (χ1n) is 4.25. The van der Waals surface area contributed by atoms with Gasteiger partial charge in [-0.15, -0.1) is 0 Å². The quantitative estimate of drug-likeness (QED) is 0.519. The number of hydrogen-bond donors (Lipinski definition) is 3. The van der Waals surface area contributed by atoms with Crippen molar-refractivity contribution in [3.05, 3.63) is 36.4 Å². The van der Waals surface area contributed by atoms with Gasteiger partial charge >= 0.3 is 0 Å².